The molecule has 0 aromatic carbocycles. The molecule has 0 unspecified atom stereocenters. The number of unbranched alkanes of at least 4 members (excludes halogenated alkanes) is 1. The van der Waals surface area contributed by atoms with Crippen molar-refractivity contribution in [3.63, 3.8) is 0 Å². The number of thiazole rings is 1. The van der Waals surface area contributed by atoms with Crippen LogP contribution in [-0.2, 0) is 4.74 Å². The molecule has 1 saturated heterocycles. The van der Waals surface area contributed by atoms with E-state index < -0.39 is 0 Å². The Balaban J connectivity index is 0.00000242. The molecule has 1 aliphatic rings. The van der Waals surface area contributed by atoms with Crippen LogP contribution in [0.2, 0.25) is 0 Å². The van der Waals surface area contributed by atoms with Crippen molar-refractivity contribution in [2.75, 3.05) is 50.8 Å². The van der Waals surface area contributed by atoms with Crippen LogP contribution in [0.4, 0.5) is 5.13 Å². The Morgan fingerprint density at radius 2 is 2.14 bits per heavy atom. The van der Waals surface area contributed by atoms with E-state index in [4.69, 9.17) is 10.5 Å². The van der Waals surface area contributed by atoms with Crippen LogP contribution in [0.5, 0.6) is 0 Å². The Bertz CT molecular complexity index is 421. The lowest BCUT2D eigenvalue weighted by molar-refractivity contribution is 0.138. The monoisotopic (exact) mass is 439 g/mol. The van der Waals surface area contributed by atoms with Gasteiger partial charge in [-0.1, -0.05) is 13.3 Å². The van der Waals surface area contributed by atoms with Gasteiger partial charge in [0, 0.05) is 44.4 Å². The number of nitrogens with zero attached hydrogens (tertiary/aromatic N) is 4. The molecule has 1 aromatic rings. The van der Waals surface area contributed by atoms with E-state index in [1.807, 2.05) is 11.6 Å². The third-order valence-corrected chi connectivity index (χ3v) is 4.28. The Kier molecular flexibility index (Phi) is 9.73. The molecule has 0 radical (unpaired) electrons. The van der Waals surface area contributed by atoms with Gasteiger partial charge in [-0.15, -0.1) is 35.3 Å². The van der Waals surface area contributed by atoms with Crippen LogP contribution in [-0.4, -0.2) is 61.8 Å². The minimum absolute atomic E-state index is 0. The lowest BCUT2D eigenvalue weighted by Crippen LogP contribution is -2.51. The second-order valence-corrected chi connectivity index (χ2v) is 5.87. The molecule has 2 N–H and O–H groups in total. The van der Waals surface area contributed by atoms with Gasteiger partial charge in [0.1, 0.15) is 0 Å². The van der Waals surface area contributed by atoms with Gasteiger partial charge < -0.3 is 20.3 Å². The average molecular weight is 439 g/mol. The summed E-state index contributed by atoms with van der Waals surface area (Å²) in [6.07, 6.45) is 4.12. The van der Waals surface area contributed by atoms with E-state index in [1.165, 1.54) is 0 Å². The summed E-state index contributed by atoms with van der Waals surface area (Å²) >= 11 is 1.68. The lowest BCUT2D eigenvalue weighted by Gasteiger charge is -2.35. The topological polar surface area (TPSA) is 67.0 Å². The zero-order valence-electron chi connectivity index (χ0n) is 13.1. The maximum atomic E-state index is 6.04. The van der Waals surface area contributed by atoms with E-state index in [0.29, 0.717) is 19.1 Å². The van der Waals surface area contributed by atoms with Gasteiger partial charge in [0.2, 0.25) is 0 Å². The molecular weight excluding hydrogens is 413 g/mol. The Morgan fingerprint density at radius 3 is 2.77 bits per heavy atom. The zero-order valence-corrected chi connectivity index (χ0v) is 16.3. The number of piperazine rings is 1. The van der Waals surface area contributed by atoms with E-state index in [2.05, 4.69) is 26.7 Å². The quantitative estimate of drug-likeness (QED) is 0.305. The SMILES string of the molecule is CCCCOCCN=C(N)N1CCN(c2nccs2)CC1.I. The fraction of sp³-hybridized carbons (Fsp3) is 0.714. The van der Waals surface area contributed by atoms with Crippen LogP contribution >= 0.6 is 35.3 Å². The van der Waals surface area contributed by atoms with Crippen LogP contribution in [0.1, 0.15) is 19.8 Å². The molecule has 22 heavy (non-hydrogen) atoms. The van der Waals surface area contributed by atoms with Gasteiger partial charge in [0.15, 0.2) is 11.1 Å². The van der Waals surface area contributed by atoms with Crippen LogP contribution in [0.3, 0.4) is 0 Å². The third kappa shape index (κ3) is 6.25. The highest BCUT2D eigenvalue weighted by Gasteiger charge is 2.19. The Labute approximate surface area is 153 Å². The van der Waals surface area contributed by atoms with Gasteiger partial charge in [-0.25, -0.2) is 4.98 Å². The van der Waals surface area contributed by atoms with Crippen molar-refractivity contribution in [2.45, 2.75) is 19.8 Å². The summed E-state index contributed by atoms with van der Waals surface area (Å²) in [6, 6.07) is 0. The molecule has 126 valence electrons. The molecule has 0 aliphatic carbocycles. The molecule has 6 nitrogen and oxygen atoms in total. The van der Waals surface area contributed by atoms with Gasteiger partial charge in [-0.05, 0) is 6.42 Å². The molecule has 1 aromatic heterocycles. The summed E-state index contributed by atoms with van der Waals surface area (Å²) in [7, 11) is 0. The number of rotatable bonds is 7. The highest BCUT2D eigenvalue weighted by Crippen LogP contribution is 2.18. The molecule has 1 fully saturated rings. The van der Waals surface area contributed by atoms with Crippen LogP contribution < -0.4 is 10.6 Å². The van der Waals surface area contributed by atoms with Crippen LogP contribution in [0.15, 0.2) is 16.6 Å². The summed E-state index contributed by atoms with van der Waals surface area (Å²) in [6.45, 7) is 7.94. The molecule has 0 saturated carbocycles. The van der Waals surface area contributed by atoms with Gasteiger partial charge in [0.05, 0.1) is 13.2 Å². The van der Waals surface area contributed by atoms with Gasteiger partial charge in [0.25, 0.3) is 0 Å². The van der Waals surface area contributed by atoms with Crippen molar-refractivity contribution in [1.29, 1.82) is 0 Å². The first-order valence-electron chi connectivity index (χ1n) is 7.58. The van der Waals surface area contributed by atoms with Crippen LogP contribution in [0, 0.1) is 0 Å². The molecular formula is C14H26IN5OS. The molecule has 8 heteroatoms. The number of aromatic nitrogens is 1. The highest BCUT2D eigenvalue weighted by atomic mass is 127. The number of anilines is 1. The summed E-state index contributed by atoms with van der Waals surface area (Å²) in [5, 5.41) is 3.10. The smallest absolute Gasteiger partial charge is 0.191 e. The van der Waals surface area contributed by atoms with Gasteiger partial charge in [-0.2, -0.15) is 0 Å². The number of aliphatic imine (C=N–C) groups is 1. The van der Waals surface area contributed by atoms with Crippen molar-refractivity contribution >= 4 is 46.4 Å². The fourth-order valence-electron chi connectivity index (χ4n) is 2.17. The van der Waals surface area contributed by atoms with Crippen molar-refractivity contribution < 1.29 is 4.74 Å². The second kappa shape index (κ2) is 11.0. The highest BCUT2D eigenvalue weighted by molar-refractivity contribution is 14.0. The second-order valence-electron chi connectivity index (χ2n) is 4.99. The number of nitrogens with two attached hydrogens (primary N) is 1. The minimum atomic E-state index is 0. The number of halogens is 1. The number of ether oxygens (including phenoxy) is 1. The van der Waals surface area contributed by atoms with Crippen molar-refractivity contribution in [1.82, 2.24) is 9.88 Å². The summed E-state index contributed by atoms with van der Waals surface area (Å²) in [5.41, 5.74) is 6.04. The first-order chi connectivity index (χ1) is 10.3. The maximum absolute atomic E-state index is 6.04. The van der Waals surface area contributed by atoms with E-state index in [1.54, 1.807) is 11.3 Å². The number of guanidine groups is 1. The largest absolute Gasteiger partial charge is 0.380 e. The van der Waals surface area contributed by atoms with E-state index in [9.17, 15) is 0 Å². The normalized spacial score (nSPS) is 15.8. The molecule has 2 heterocycles. The van der Waals surface area contributed by atoms with Crippen molar-refractivity contribution in [3.8, 4) is 0 Å². The van der Waals surface area contributed by atoms with Gasteiger partial charge in [-0.3, -0.25) is 4.99 Å². The lowest BCUT2D eigenvalue weighted by atomic mass is 10.3. The summed E-state index contributed by atoms with van der Waals surface area (Å²) < 4.78 is 5.48. The predicted octanol–water partition coefficient (Wildman–Crippen LogP) is 2.01. The van der Waals surface area contributed by atoms with E-state index >= 15 is 0 Å². The predicted molar refractivity (Wildman–Crippen MR) is 104 cm³/mol. The summed E-state index contributed by atoms with van der Waals surface area (Å²) in [4.78, 5) is 13.2. The Hall–Kier alpha value is -0.610. The average Bonchev–Trinajstić information content (AvgIpc) is 3.05. The molecule has 0 spiro atoms. The van der Waals surface area contributed by atoms with Crippen molar-refractivity contribution in [2.24, 2.45) is 10.7 Å². The van der Waals surface area contributed by atoms with Crippen molar-refractivity contribution in [3.05, 3.63) is 11.6 Å². The molecule has 0 atom stereocenters. The van der Waals surface area contributed by atoms with Gasteiger partial charge >= 0.3 is 0 Å². The molecule has 0 amide bonds. The molecule has 0 bridgehead atoms. The molecule has 1 aliphatic heterocycles. The first-order valence-corrected chi connectivity index (χ1v) is 8.46. The molecule has 2 rings (SSSR count). The van der Waals surface area contributed by atoms with E-state index in [-0.39, 0.29) is 24.0 Å². The summed E-state index contributed by atoms with van der Waals surface area (Å²) in [5.74, 6) is 0.632. The number of hydrogen-bond acceptors (Lipinski definition) is 5. The minimum Gasteiger partial charge on any atom is -0.380 e. The standard InChI is InChI=1S/C14H25N5OS.HI/c1-2-3-10-20-11-4-16-13(15)18-6-8-19(9-7-18)14-17-5-12-21-14;/h5,12H,2-4,6-11H2,1H3,(H2,15,16);1H. The van der Waals surface area contributed by atoms with E-state index in [0.717, 1.165) is 50.8 Å². The van der Waals surface area contributed by atoms with Crippen LogP contribution in [0.25, 0.3) is 0 Å². The Morgan fingerprint density at radius 1 is 1.36 bits per heavy atom. The maximum Gasteiger partial charge on any atom is 0.191 e. The zero-order chi connectivity index (χ0) is 14.9. The first kappa shape index (κ1) is 19.4. The number of hydrogen-bond donors (Lipinski definition) is 1. The third-order valence-electron chi connectivity index (χ3n) is 3.45. The fourth-order valence-corrected chi connectivity index (χ4v) is 2.87.